The third-order valence-corrected chi connectivity index (χ3v) is 14.0. The van der Waals surface area contributed by atoms with E-state index < -0.39 is 36.0 Å². The largest absolute Gasteiger partial charge is 0.462 e. The molecule has 0 aliphatic heterocycles. The predicted octanol–water partition coefficient (Wildman–Crippen LogP) is 7.23. The number of furan rings is 1. The molecule has 0 aliphatic carbocycles. The van der Waals surface area contributed by atoms with Crippen molar-refractivity contribution < 1.29 is 36.0 Å². The Morgan fingerprint density at radius 3 is 2.28 bits per heavy atom. The Balaban J connectivity index is 1.99. The van der Waals surface area contributed by atoms with Crippen molar-refractivity contribution in [1.29, 1.82) is 0 Å². The van der Waals surface area contributed by atoms with Crippen LogP contribution in [0.25, 0.3) is 33.4 Å². The smallest absolute Gasteiger partial charge is 0.338 e. The van der Waals surface area contributed by atoms with E-state index in [1.54, 1.807) is 43.3 Å². The minimum absolute atomic E-state index is 0.00917. The van der Waals surface area contributed by atoms with E-state index in [1.165, 1.54) is 35.6 Å². The number of esters is 1. The van der Waals surface area contributed by atoms with Crippen molar-refractivity contribution in [2.24, 2.45) is 0 Å². The highest BCUT2D eigenvalue weighted by atomic mass is 32.2. The van der Waals surface area contributed by atoms with Crippen LogP contribution < -0.4 is 9.62 Å². The van der Waals surface area contributed by atoms with Gasteiger partial charge in [0.15, 0.2) is 8.32 Å². The number of carbonyl (C=O) groups excluding carboxylic acids is 2. The number of amides is 1. The van der Waals surface area contributed by atoms with Crippen LogP contribution in [0.3, 0.4) is 0 Å². The first-order valence-corrected chi connectivity index (χ1v) is 19.7. The average molecular weight is 669 g/mol. The molecular weight excluding hydrogens is 628 g/mol. The van der Waals surface area contributed by atoms with Gasteiger partial charge in [0.25, 0.3) is 5.91 Å². The number of nitrogens with one attached hydrogen (secondary N) is 1. The van der Waals surface area contributed by atoms with Gasteiger partial charge >= 0.3 is 5.97 Å². The Bertz CT molecular complexity index is 1860. The van der Waals surface area contributed by atoms with E-state index in [2.05, 4.69) is 39.2 Å². The summed E-state index contributed by atoms with van der Waals surface area (Å²) in [6.45, 7) is 12.6. The molecule has 0 bridgehead atoms. The zero-order valence-electron chi connectivity index (χ0n) is 27.5. The van der Waals surface area contributed by atoms with Gasteiger partial charge in [0.05, 0.1) is 42.8 Å². The summed E-state index contributed by atoms with van der Waals surface area (Å²) in [6, 6.07) is 15.5. The van der Waals surface area contributed by atoms with Crippen molar-refractivity contribution in [3.05, 3.63) is 77.6 Å². The lowest BCUT2D eigenvalue weighted by molar-refractivity contribution is 0.0526. The van der Waals surface area contributed by atoms with Crippen LogP contribution in [0.1, 0.15) is 48.4 Å². The highest BCUT2D eigenvalue weighted by Crippen LogP contribution is 2.42. The molecule has 0 unspecified atom stereocenters. The lowest BCUT2D eigenvalue weighted by Gasteiger charge is -2.37. The molecule has 3 aromatic carbocycles. The van der Waals surface area contributed by atoms with Crippen LogP contribution in [0.4, 0.5) is 10.1 Å². The SMILES string of the molecule is CCOC(=O)c1cccc(-c2cc3c(C(=O)NC)c(-c4ccc(F)cc4)oc3cc2N(CCO[Si](C)(C)C(C)(C)C)S(C)(=O)=O)c1. The van der Waals surface area contributed by atoms with Crippen LogP contribution in [0.15, 0.2) is 65.1 Å². The summed E-state index contributed by atoms with van der Waals surface area (Å²) in [5.74, 6) is -1.22. The fourth-order valence-corrected chi connectivity index (χ4v) is 6.77. The Hall–Kier alpha value is -4.00. The lowest BCUT2D eigenvalue weighted by Crippen LogP contribution is -2.43. The molecule has 0 fully saturated rings. The van der Waals surface area contributed by atoms with E-state index in [4.69, 9.17) is 13.6 Å². The van der Waals surface area contributed by atoms with Crippen molar-refractivity contribution in [3.63, 3.8) is 0 Å². The maximum absolute atomic E-state index is 13.8. The Labute approximate surface area is 270 Å². The molecular formula is C34H41FN2O7SSi. The van der Waals surface area contributed by atoms with E-state index in [1.807, 2.05) is 0 Å². The minimum atomic E-state index is -3.87. The van der Waals surface area contributed by atoms with E-state index in [0.29, 0.717) is 22.1 Å². The highest BCUT2D eigenvalue weighted by molar-refractivity contribution is 7.92. The minimum Gasteiger partial charge on any atom is -0.462 e. The van der Waals surface area contributed by atoms with Crippen LogP contribution >= 0.6 is 0 Å². The second-order valence-corrected chi connectivity index (χ2v) is 19.2. The van der Waals surface area contributed by atoms with Crippen LogP contribution in [0.5, 0.6) is 0 Å². The number of ether oxygens (including phenoxy) is 1. The maximum atomic E-state index is 13.8. The van der Waals surface area contributed by atoms with Gasteiger partial charge in [-0.3, -0.25) is 9.10 Å². The summed E-state index contributed by atoms with van der Waals surface area (Å²) < 4.78 is 59.7. The van der Waals surface area contributed by atoms with E-state index >= 15 is 0 Å². The summed E-state index contributed by atoms with van der Waals surface area (Å²) in [4.78, 5) is 25.9. The molecule has 0 atom stereocenters. The van der Waals surface area contributed by atoms with Gasteiger partial charge in [-0.05, 0) is 73.1 Å². The fourth-order valence-electron chi connectivity index (χ4n) is 4.82. The number of halogens is 1. The van der Waals surface area contributed by atoms with Crippen LogP contribution in [0.2, 0.25) is 18.1 Å². The number of sulfonamides is 1. The molecule has 0 radical (unpaired) electrons. The summed E-state index contributed by atoms with van der Waals surface area (Å²) in [7, 11) is -4.59. The second kappa shape index (κ2) is 13.4. The number of hydrogen-bond acceptors (Lipinski definition) is 7. The van der Waals surface area contributed by atoms with Crippen molar-refractivity contribution in [1.82, 2.24) is 5.32 Å². The van der Waals surface area contributed by atoms with Crippen LogP contribution in [0, 0.1) is 5.82 Å². The van der Waals surface area contributed by atoms with Crippen LogP contribution in [-0.2, 0) is 19.2 Å². The van der Waals surface area contributed by atoms with Gasteiger partial charge in [-0.15, -0.1) is 0 Å². The van der Waals surface area contributed by atoms with Crippen LogP contribution in [-0.4, -0.2) is 61.7 Å². The van der Waals surface area contributed by atoms with E-state index in [0.717, 1.165) is 6.26 Å². The average Bonchev–Trinajstić information content (AvgIpc) is 3.36. The van der Waals surface area contributed by atoms with Crippen molar-refractivity contribution >= 4 is 46.9 Å². The number of anilines is 1. The monoisotopic (exact) mass is 668 g/mol. The van der Waals surface area contributed by atoms with Gasteiger partial charge in [-0.2, -0.15) is 0 Å². The number of carbonyl (C=O) groups is 2. The van der Waals surface area contributed by atoms with E-state index in [-0.39, 0.29) is 53.0 Å². The standard InChI is InChI=1S/C34H41FN2O7SSi/c1-9-42-33(39)24-12-10-11-23(19-24)26-20-27-29(44-31(30(27)32(38)36-5)22-13-15-25(35)16-14-22)21-28(26)37(45(6,40)41)17-18-43-46(7,8)34(2,3)4/h10-16,19-21H,9,17-18H2,1-8H3,(H,36,38). The molecule has 0 spiro atoms. The molecule has 0 saturated heterocycles. The molecule has 1 aromatic heterocycles. The van der Waals surface area contributed by atoms with Crippen molar-refractivity contribution in [3.8, 4) is 22.5 Å². The Morgan fingerprint density at radius 2 is 1.70 bits per heavy atom. The van der Waals surface area contributed by atoms with Gasteiger partial charge in [0, 0.05) is 29.6 Å². The molecule has 1 N–H and O–H groups in total. The summed E-state index contributed by atoms with van der Waals surface area (Å²) in [6.07, 6.45) is 1.12. The number of hydrogen-bond donors (Lipinski definition) is 1. The zero-order valence-corrected chi connectivity index (χ0v) is 29.3. The topological polar surface area (TPSA) is 115 Å². The van der Waals surface area contributed by atoms with Gasteiger partial charge in [0.1, 0.15) is 17.2 Å². The number of fused-ring (bicyclic) bond motifs is 1. The first kappa shape index (κ1) is 34.9. The highest BCUT2D eigenvalue weighted by Gasteiger charge is 2.37. The Kier molecular flexibility index (Phi) is 10.1. The van der Waals surface area contributed by atoms with Gasteiger partial charge in [0.2, 0.25) is 10.0 Å². The quantitative estimate of drug-likeness (QED) is 0.132. The first-order chi connectivity index (χ1) is 21.5. The van der Waals surface area contributed by atoms with Crippen molar-refractivity contribution in [2.45, 2.75) is 45.8 Å². The third-order valence-electron chi connectivity index (χ3n) is 8.28. The third kappa shape index (κ3) is 7.35. The fraction of sp³-hybridized carbons (Fsp3) is 0.353. The molecule has 0 aliphatic rings. The molecule has 1 heterocycles. The maximum Gasteiger partial charge on any atom is 0.338 e. The molecule has 4 aromatic rings. The number of rotatable bonds is 11. The number of nitrogens with zero attached hydrogens (tertiary/aromatic N) is 1. The van der Waals surface area contributed by atoms with Gasteiger partial charge in [-0.25, -0.2) is 17.6 Å². The van der Waals surface area contributed by atoms with Crippen molar-refractivity contribution in [2.75, 3.05) is 37.4 Å². The van der Waals surface area contributed by atoms with Gasteiger partial charge < -0.3 is 18.9 Å². The number of benzene rings is 3. The summed E-state index contributed by atoms with van der Waals surface area (Å²) >= 11 is 0. The lowest BCUT2D eigenvalue weighted by atomic mass is 9.97. The predicted molar refractivity (Wildman–Crippen MR) is 182 cm³/mol. The molecule has 12 heteroatoms. The zero-order chi connectivity index (χ0) is 34.0. The molecule has 46 heavy (non-hydrogen) atoms. The Morgan fingerprint density at radius 1 is 1.02 bits per heavy atom. The van der Waals surface area contributed by atoms with Gasteiger partial charge in [-0.1, -0.05) is 32.9 Å². The first-order valence-electron chi connectivity index (χ1n) is 15.0. The summed E-state index contributed by atoms with van der Waals surface area (Å²) in [5.41, 5.74) is 2.43. The summed E-state index contributed by atoms with van der Waals surface area (Å²) in [5, 5.41) is 2.97. The molecule has 4 rings (SSSR count). The van der Waals surface area contributed by atoms with E-state index in [9.17, 15) is 22.4 Å². The normalized spacial score (nSPS) is 12.3. The second-order valence-electron chi connectivity index (χ2n) is 12.5. The molecule has 9 nitrogen and oxygen atoms in total. The molecule has 0 saturated carbocycles. The molecule has 246 valence electrons. The molecule has 1 amide bonds.